The lowest BCUT2D eigenvalue weighted by molar-refractivity contribution is 0.0735. The summed E-state index contributed by atoms with van der Waals surface area (Å²) in [6.45, 7) is 6.14. The van der Waals surface area contributed by atoms with Crippen molar-refractivity contribution in [2.24, 2.45) is 0 Å². The highest BCUT2D eigenvalue weighted by atomic mass is 16.5. The summed E-state index contributed by atoms with van der Waals surface area (Å²) in [4.78, 5) is 19.4. The number of fused-ring (bicyclic) bond motifs is 1. The fourth-order valence-electron chi connectivity index (χ4n) is 4.92. The Labute approximate surface area is 177 Å². The van der Waals surface area contributed by atoms with Gasteiger partial charge in [-0.3, -0.25) is 4.79 Å². The third-order valence-electron chi connectivity index (χ3n) is 6.78. The molecule has 0 saturated carbocycles. The van der Waals surface area contributed by atoms with E-state index in [1.165, 1.54) is 19.3 Å². The van der Waals surface area contributed by atoms with Crippen molar-refractivity contribution in [3.8, 4) is 0 Å². The van der Waals surface area contributed by atoms with Gasteiger partial charge in [0.25, 0.3) is 5.91 Å². The average Bonchev–Trinajstić information content (AvgIpc) is 3.23. The lowest BCUT2D eigenvalue weighted by Crippen LogP contribution is -2.49. The van der Waals surface area contributed by atoms with Gasteiger partial charge in [0.15, 0.2) is 17.3 Å². The highest BCUT2D eigenvalue weighted by Gasteiger charge is 2.30. The second kappa shape index (κ2) is 8.24. The van der Waals surface area contributed by atoms with Crippen LogP contribution in [-0.2, 0) is 12.8 Å². The van der Waals surface area contributed by atoms with Crippen LogP contribution >= 0.6 is 0 Å². The van der Waals surface area contributed by atoms with Gasteiger partial charge < -0.3 is 19.2 Å². The molecule has 4 heterocycles. The zero-order valence-corrected chi connectivity index (χ0v) is 17.7. The lowest BCUT2D eigenvalue weighted by atomic mass is 9.96. The predicted molar refractivity (Wildman–Crippen MR) is 114 cm³/mol. The Hall–Kier alpha value is -2.64. The van der Waals surface area contributed by atoms with Crippen LogP contribution in [-0.4, -0.2) is 64.9 Å². The van der Waals surface area contributed by atoms with Crippen molar-refractivity contribution in [1.29, 1.82) is 0 Å². The number of rotatable bonds is 3. The number of hydrogen-bond donors (Lipinski definition) is 0. The first kappa shape index (κ1) is 19.3. The number of piperazine rings is 1. The van der Waals surface area contributed by atoms with Crippen molar-refractivity contribution in [2.75, 3.05) is 42.5 Å². The molecule has 2 aromatic heterocycles. The Morgan fingerprint density at radius 2 is 1.73 bits per heavy atom. The molecular formula is C22H30N6O2. The molecule has 160 valence electrons. The molecule has 1 amide bonds. The largest absolute Gasteiger partial charge is 0.360 e. The van der Waals surface area contributed by atoms with Crippen molar-refractivity contribution < 1.29 is 9.32 Å². The number of anilines is 2. The molecule has 0 aromatic carbocycles. The fraction of sp³-hybridized carbons (Fsp3) is 0.636. The summed E-state index contributed by atoms with van der Waals surface area (Å²) >= 11 is 0. The zero-order chi connectivity index (χ0) is 20.5. The Morgan fingerprint density at radius 1 is 0.967 bits per heavy atom. The molecule has 8 heteroatoms. The summed E-state index contributed by atoms with van der Waals surface area (Å²) in [5, 5.41) is 13.1. The maximum atomic E-state index is 13.0. The van der Waals surface area contributed by atoms with Crippen LogP contribution in [0.15, 0.2) is 16.7 Å². The van der Waals surface area contributed by atoms with Crippen LogP contribution in [0.1, 0.15) is 60.8 Å². The van der Waals surface area contributed by atoms with E-state index < -0.39 is 0 Å². The number of carbonyl (C=O) groups is 1. The molecule has 2 saturated heterocycles. The molecule has 30 heavy (non-hydrogen) atoms. The van der Waals surface area contributed by atoms with Gasteiger partial charge in [0.1, 0.15) is 5.76 Å². The van der Waals surface area contributed by atoms with E-state index >= 15 is 0 Å². The second-order valence-electron chi connectivity index (χ2n) is 8.71. The molecule has 2 aromatic rings. The Bertz CT molecular complexity index is 888. The van der Waals surface area contributed by atoms with E-state index in [9.17, 15) is 4.79 Å². The van der Waals surface area contributed by atoms with Crippen molar-refractivity contribution in [3.05, 3.63) is 29.2 Å². The van der Waals surface area contributed by atoms with Gasteiger partial charge in [0.05, 0.1) is 0 Å². The minimum absolute atomic E-state index is 0.00192. The normalized spacial score (nSPS) is 22.2. The van der Waals surface area contributed by atoms with Crippen molar-refractivity contribution >= 4 is 17.5 Å². The molecule has 2 aliphatic heterocycles. The SMILES string of the molecule is CC1CCCCN1c1ccc(N2CCN(C(=O)c3noc4c3CCCC4)CC2)nn1. The first-order valence-corrected chi connectivity index (χ1v) is 11.3. The molecule has 0 spiro atoms. The van der Waals surface area contributed by atoms with Crippen LogP contribution < -0.4 is 9.80 Å². The number of carbonyl (C=O) groups excluding carboxylic acids is 1. The molecule has 3 aliphatic rings. The van der Waals surface area contributed by atoms with Crippen LogP contribution in [0.4, 0.5) is 11.6 Å². The van der Waals surface area contributed by atoms with E-state index in [-0.39, 0.29) is 5.91 Å². The summed E-state index contributed by atoms with van der Waals surface area (Å²) in [5.74, 6) is 2.76. The molecule has 8 nitrogen and oxygen atoms in total. The van der Waals surface area contributed by atoms with Crippen LogP contribution in [0.3, 0.4) is 0 Å². The summed E-state index contributed by atoms with van der Waals surface area (Å²) < 4.78 is 5.43. The van der Waals surface area contributed by atoms with Crippen LogP contribution in [0.5, 0.6) is 0 Å². The van der Waals surface area contributed by atoms with E-state index in [1.807, 2.05) is 4.90 Å². The minimum Gasteiger partial charge on any atom is -0.360 e. The molecule has 0 N–H and O–H groups in total. The van der Waals surface area contributed by atoms with Crippen LogP contribution in [0.2, 0.25) is 0 Å². The summed E-state index contributed by atoms with van der Waals surface area (Å²) in [6.07, 6.45) is 7.75. The molecule has 1 atom stereocenters. The van der Waals surface area contributed by atoms with Crippen LogP contribution in [0, 0.1) is 0 Å². The number of piperidine rings is 1. The van der Waals surface area contributed by atoms with E-state index in [4.69, 9.17) is 4.52 Å². The minimum atomic E-state index is 0.00192. The lowest BCUT2D eigenvalue weighted by Gasteiger charge is -2.36. The van der Waals surface area contributed by atoms with E-state index in [0.717, 1.165) is 68.3 Å². The third kappa shape index (κ3) is 3.63. The van der Waals surface area contributed by atoms with Gasteiger partial charge in [-0.2, -0.15) is 0 Å². The molecule has 5 rings (SSSR count). The van der Waals surface area contributed by atoms with Crippen LogP contribution in [0.25, 0.3) is 0 Å². The summed E-state index contributed by atoms with van der Waals surface area (Å²) in [5.41, 5.74) is 1.56. The van der Waals surface area contributed by atoms with Crippen molar-refractivity contribution in [2.45, 2.75) is 57.9 Å². The van der Waals surface area contributed by atoms with E-state index in [0.29, 0.717) is 24.8 Å². The average molecular weight is 411 g/mol. The van der Waals surface area contributed by atoms with Gasteiger partial charge in [-0.05, 0) is 57.6 Å². The van der Waals surface area contributed by atoms with E-state index in [2.05, 4.69) is 44.2 Å². The number of aromatic nitrogens is 3. The second-order valence-corrected chi connectivity index (χ2v) is 8.71. The zero-order valence-electron chi connectivity index (χ0n) is 17.7. The molecule has 0 radical (unpaired) electrons. The summed E-state index contributed by atoms with van der Waals surface area (Å²) in [6, 6.07) is 4.68. The van der Waals surface area contributed by atoms with Gasteiger partial charge in [-0.15, -0.1) is 10.2 Å². The smallest absolute Gasteiger partial charge is 0.276 e. The molecule has 1 unspecified atom stereocenters. The first-order chi connectivity index (χ1) is 14.7. The van der Waals surface area contributed by atoms with E-state index in [1.54, 1.807) is 0 Å². The Kier molecular flexibility index (Phi) is 5.31. The maximum Gasteiger partial charge on any atom is 0.276 e. The summed E-state index contributed by atoms with van der Waals surface area (Å²) in [7, 11) is 0. The van der Waals surface area contributed by atoms with Gasteiger partial charge in [0.2, 0.25) is 0 Å². The monoisotopic (exact) mass is 410 g/mol. The molecular weight excluding hydrogens is 380 g/mol. The predicted octanol–water partition coefficient (Wildman–Crippen LogP) is 2.68. The number of aryl methyl sites for hydroxylation is 1. The van der Waals surface area contributed by atoms with Gasteiger partial charge >= 0.3 is 0 Å². The fourth-order valence-corrected chi connectivity index (χ4v) is 4.92. The first-order valence-electron chi connectivity index (χ1n) is 11.3. The highest BCUT2D eigenvalue weighted by Crippen LogP contribution is 2.26. The number of amides is 1. The molecule has 1 aliphatic carbocycles. The van der Waals surface area contributed by atoms with Gasteiger partial charge in [-0.25, -0.2) is 0 Å². The van der Waals surface area contributed by atoms with Crippen molar-refractivity contribution in [3.63, 3.8) is 0 Å². The molecule has 2 fully saturated rings. The quantitative estimate of drug-likeness (QED) is 0.770. The standard InChI is InChI=1S/C22H30N6O2/c1-16-6-4-5-11-28(16)20-10-9-19(23-24-20)26-12-14-27(15-13-26)22(29)21-17-7-2-3-8-18(17)30-25-21/h9-10,16H,2-8,11-15H2,1H3. The molecule has 0 bridgehead atoms. The Balaban J connectivity index is 1.21. The Morgan fingerprint density at radius 3 is 2.50 bits per heavy atom. The maximum absolute atomic E-state index is 13.0. The van der Waals surface area contributed by atoms with Gasteiger partial charge in [-0.1, -0.05) is 5.16 Å². The van der Waals surface area contributed by atoms with Crippen molar-refractivity contribution in [1.82, 2.24) is 20.3 Å². The number of nitrogens with zero attached hydrogens (tertiary/aromatic N) is 6. The van der Waals surface area contributed by atoms with Gasteiger partial charge in [0, 0.05) is 50.7 Å². The topological polar surface area (TPSA) is 78.6 Å². The third-order valence-corrected chi connectivity index (χ3v) is 6.78. The highest BCUT2D eigenvalue weighted by molar-refractivity contribution is 5.94. The number of hydrogen-bond acceptors (Lipinski definition) is 7.